The van der Waals surface area contributed by atoms with Crippen molar-refractivity contribution in [3.63, 3.8) is 0 Å². The number of nitrogens with zero attached hydrogens (tertiary/aromatic N) is 3. The number of hydrogen-bond acceptors (Lipinski definition) is 4. The molecule has 32 heavy (non-hydrogen) atoms. The Balaban J connectivity index is 0.000000437. The van der Waals surface area contributed by atoms with Gasteiger partial charge in [-0.15, -0.1) is 10.2 Å². The van der Waals surface area contributed by atoms with Crippen LogP contribution in [0.4, 0.5) is 0 Å². The highest BCUT2D eigenvalue weighted by molar-refractivity contribution is 6.09. The Kier molecular flexibility index (Phi) is 7.66. The molecule has 0 bridgehead atoms. The predicted octanol–water partition coefficient (Wildman–Crippen LogP) is 7.59. The van der Waals surface area contributed by atoms with E-state index in [0.717, 1.165) is 22.0 Å². The zero-order valence-electron chi connectivity index (χ0n) is 19.5. The second-order valence-corrected chi connectivity index (χ2v) is 7.27. The maximum atomic E-state index is 9.41. The van der Waals surface area contributed by atoms with Crippen molar-refractivity contribution in [2.24, 2.45) is 7.05 Å². The van der Waals surface area contributed by atoms with Gasteiger partial charge in [-0.25, -0.2) is 0 Å². The van der Waals surface area contributed by atoms with Gasteiger partial charge in [-0.1, -0.05) is 58.7 Å². The first-order chi connectivity index (χ1) is 15.6. The highest BCUT2D eigenvalue weighted by Crippen LogP contribution is 2.32. The fourth-order valence-corrected chi connectivity index (χ4v) is 3.36. The molecule has 0 atom stereocenters. The molecule has 5 heteroatoms. The van der Waals surface area contributed by atoms with Crippen molar-refractivity contribution in [2.45, 2.75) is 40.5 Å². The van der Waals surface area contributed by atoms with Crippen LogP contribution in [0.1, 0.15) is 40.5 Å². The first kappa shape index (κ1) is 23.1. The molecule has 0 radical (unpaired) electrons. The second kappa shape index (κ2) is 10.6. The summed E-state index contributed by atoms with van der Waals surface area (Å²) in [4.78, 5) is 0. The van der Waals surface area contributed by atoms with Crippen molar-refractivity contribution in [1.29, 1.82) is 0 Å². The number of hydrogen-bond donors (Lipinski definition) is 1. The van der Waals surface area contributed by atoms with Crippen LogP contribution >= 0.6 is 0 Å². The van der Waals surface area contributed by atoms with Crippen LogP contribution in [0.25, 0.3) is 44.7 Å². The van der Waals surface area contributed by atoms with Crippen LogP contribution in [0, 0.1) is 0 Å². The SMILES string of the molecule is CC.CCCC.Cn1c2ccccc2c2cc(-c3nnc(-c4ccc(O)cc4)o3)ccc21. The molecule has 1 N–H and O–H groups in total. The Labute approximate surface area is 189 Å². The molecular weight excluding hydrogens is 398 g/mol. The lowest BCUT2D eigenvalue weighted by molar-refractivity contribution is 0.475. The van der Waals surface area contributed by atoms with Gasteiger partial charge in [0, 0.05) is 40.0 Å². The fraction of sp³-hybridized carbons (Fsp3) is 0.259. The molecule has 0 unspecified atom stereocenters. The highest BCUT2D eigenvalue weighted by Gasteiger charge is 2.13. The molecule has 0 aliphatic carbocycles. The zero-order valence-corrected chi connectivity index (χ0v) is 19.5. The van der Waals surface area contributed by atoms with Gasteiger partial charge < -0.3 is 14.1 Å². The van der Waals surface area contributed by atoms with E-state index in [-0.39, 0.29) is 5.75 Å². The van der Waals surface area contributed by atoms with E-state index in [2.05, 4.69) is 59.9 Å². The van der Waals surface area contributed by atoms with Gasteiger partial charge in [-0.05, 0) is 48.5 Å². The molecule has 0 saturated heterocycles. The Morgan fingerprint density at radius 1 is 0.750 bits per heavy atom. The third-order valence-electron chi connectivity index (χ3n) is 5.20. The predicted molar refractivity (Wildman–Crippen MR) is 133 cm³/mol. The molecule has 2 aromatic heterocycles. The van der Waals surface area contributed by atoms with Crippen LogP contribution in [0.5, 0.6) is 5.75 Å². The number of aryl methyl sites for hydroxylation is 1. The van der Waals surface area contributed by atoms with E-state index in [1.165, 1.54) is 23.7 Å². The van der Waals surface area contributed by atoms with Gasteiger partial charge in [-0.3, -0.25) is 0 Å². The third-order valence-corrected chi connectivity index (χ3v) is 5.20. The van der Waals surface area contributed by atoms with Crippen molar-refractivity contribution in [1.82, 2.24) is 14.8 Å². The van der Waals surface area contributed by atoms with Gasteiger partial charge >= 0.3 is 0 Å². The molecule has 5 rings (SSSR count). The zero-order chi connectivity index (χ0) is 23.1. The Bertz CT molecular complexity index is 1280. The average Bonchev–Trinajstić information content (AvgIpc) is 3.45. The van der Waals surface area contributed by atoms with E-state index >= 15 is 0 Å². The normalized spacial score (nSPS) is 10.4. The molecule has 0 fully saturated rings. The second-order valence-electron chi connectivity index (χ2n) is 7.27. The molecule has 5 nitrogen and oxygen atoms in total. The van der Waals surface area contributed by atoms with Crippen LogP contribution < -0.4 is 0 Å². The number of unbranched alkanes of at least 4 members (excludes halogenated alkanes) is 1. The number of aromatic nitrogens is 3. The summed E-state index contributed by atoms with van der Waals surface area (Å²) in [5, 5.41) is 20.1. The standard InChI is InChI=1S/C21H15N3O2.C4H10.C2H6/c1-24-18-5-3-2-4-16(18)17-12-14(8-11-19(17)24)21-23-22-20(26-21)13-6-9-15(25)10-7-13;1-3-4-2;1-2/h2-12,25H,1H3;3-4H2,1-2H3;1-2H3. The summed E-state index contributed by atoms with van der Waals surface area (Å²) in [5.41, 5.74) is 4.00. The molecule has 3 aromatic carbocycles. The number of benzene rings is 3. The van der Waals surface area contributed by atoms with Gasteiger partial charge in [0.25, 0.3) is 0 Å². The number of rotatable bonds is 3. The lowest BCUT2D eigenvalue weighted by atomic mass is 10.1. The fourth-order valence-electron chi connectivity index (χ4n) is 3.36. The van der Waals surface area contributed by atoms with E-state index in [1.54, 1.807) is 24.3 Å². The third kappa shape index (κ3) is 4.67. The van der Waals surface area contributed by atoms with Gasteiger partial charge in [-0.2, -0.15) is 0 Å². The molecule has 0 amide bonds. The lowest BCUT2D eigenvalue weighted by Gasteiger charge is -1.99. The van der Waals surface area contributed by atoms with Gasteiger partial charge in [0.15, 0.2) is 0 Å². The van der Waals surface area contributed by atoms with Crippen LogP contribution in [-0.4, -0.2) is 19.9 Å². The number of phenolic OH excluding ortho intramolecular Hbond substituents is 1. The monoisotopic (exact) mass is 429 g/mol. The number of phenols is 1. The lowest BCUT2D eigenvalue weighted by Crippen LogP contribution is -1.86. The van der Waals surface area contributed by atoms with E-state index in [9.17, 15) is 5.11 Å². The molecule has 5 aromatic rings. The molecule has 166 valence electrons. The first-order valence-electron chi connectivity index (χ1n) is 11.2. The van der Waals surface area contributed by atoms with Crippen LogP contribution in [0.2, 0.25) is 0 Å². The molecule has 0 aliphatic heterocycles. The van der Waals surface area contributed by atoms with E-state index in [4.69, 9.17) is 4.42 Å². The molecule has 2 heterocycles. The van der Waals surface area contributed by atoms with Crippen LogP contribution in [0.15, 0.2) is 71.1 Å². The van der Waals surface area contributed by atoms with E-state index < -0.39 is 0 Å². The number of para-hydroxylation sites is 1. The summed E-state index contributed by atoms with van der Waals surface area (Å²) in [5.74, 6) is 1.11. The smallest absolute Gasteiger partial charge is 0.248 e. The number of aromatic hydroxyl groups is 1. The van der Waals surface area contributed by atoms with E-state index in [1.807, 2.05) is 32.0 Å². The summed E-state index contributed by atoms with van der Waals surface area (Å²) in [7, 11) is 2.07. The molecular formula is C27H31N3O2. The first-order valence-corrected chi connectivity index (χ1v) is 11.2. The number of fused-ring (bicyclic) bond motifs is 3. The van der Waals surface area contributed by atoms with Crippen molar-refractivity contribution in [3.8, 4) is 28.7 Å². The van der Waals surface area contributed by atoms with Crippen molar-refractivity contribution in [3.05, 3.63) is 66.7 Å². The van der Waals surface area contributed by atoms with Crippen molar-refractivity contribution < 1.29 is 9.52 Å². The largest absolute Gasteiger partial charge is 0.508 e. The topological polar surface area (TPSA) is 64.1 Å². The molecule has 0 saturated carbocycles. The van der Waals surface area contributed by atoms with Gasteiger partial charge in [0.1, 0.15) is 5.75 Å². The van der Waals surface area contributed by atoms with Crippen LogP contribution in [0.3, 0.4) is 0 Å². The minimum absolute atomic E-state index is 0.204. The van der Waals surface area contributed by atoms with E-state index in [0.29, 0.717) is 11.8 Å². The summed E-state index contributed by atoms with van der Waals surface area (Å²) < 4.78 is 8.04. The molecule has 0 aliphatic rings. The average molecular weight is 430 g/mol. The Morgan fingerprint density at radius 2 is 1.31 bits per heavy atom. The van der Waals surface area contributed by atoms with Crippen molar-refractivity contribution in [2.75, 3.05) is 0 Å². The van der Waals surface area contributed by atoms with Crippen molar-refractivity contribution >= 4 is 21.8 Å². The Hall–Kier alpha value is -3.60. The Morgan fingerprint density at radius 3 is 1.97 bits per heavy atom. The summed E-state index contributed by atoms with van der Waals surface area (Å²) in [6, 6.07) is 21.2. The highest BCUT2D eigenvalue weighted by atomic mass is 16.4. The molecule has 0 spiro atoms. The summed E-state index contributed by atoms with van der Waals surface area (Å²) in [6.07, 6.45) is 2.64. The maximum Gasteiger partial charge on any atom is 0.248 e. The van der Waals surface area contributed by atoms with Gasteiger partial charge in [0.2, 0.25) is 11.8 Å². The summed E-state index contributed by atoms with van der Waals surface area (Å²) in [6.45, 7) is 8.36. The summed E-state index contributed by atoms with van der Waals surface area (Å²) >= 11 is 0. The minimum Gasteiger partial charge on any atom is -0.508 e. The quantitative estimate of drug-likeness (QED) is 0.321. The van der Waals surface area contributed by atoms with Gasteiger partial charge in [0.05, 0.1) is 0 Å². The minimum atomic E-state index is 0.204. The maximum absolute atomic E-state index is 9.41. The van der Waals surface area contributed by atoms with Crippen LogP contribution in [-0.2, 0) is 7.05 Å².